The number of hydrogen-bond acceptors (Lipinski definition) is 3. The molecule has 0 aliphatic carbocycles. The van der Waals surface area contributed by atoms with E-state index in [1.54, 1.807) is 0 Å². The van der Waals surface area contributed by atoms with Gasteiger partial charge in [0.2, 0.25) is 0 Å². The summed E-state index contributed by atoms with van der Waals surface area (Å²) in [6.45, 7) is 8.82. The van der Waals surface area contributed by atoms with Gasteiger partial charge in [-0.15, -0.1) is 0 Å². The first-order chi connectivity index (χ1) is 7.24. The van der Waals surface area contributed by atoms with Crippen molar-refractivity contribution in [2.75, 3.05) is 26.2 Å². The summed E-state index contributed by atoms with van der Waals surface area (Å²) in [6.07, 6.45) is 3.54. The molecule has 0 unspecified atom stereocenters. The van der Waals surface area contributed by atoms with Crippen LogP contribution in [0.2, 0.25) is 0 Å². The smallest absolute Gasteiger partial charge is 0.180 e. The lowest BCUT2D eigenvalue weighted by molar-refractivity contribution is 0.272. The highest BCUT2D eigenvalue weighted by molar-refractivity contribution is 7.80. The Labute approximate surface area is 98.6 Å². The highest BCUT2D eigenvalue weighted by Gasteiger charge is 2.01. The number of nitrogens with two attached hydrogens (primary N) is 1. The Balaban J connectivity index is 3.48. The van der Waals surface area contributed by atoms with Crippen LogP contribution in [0.1, 0.15) is 33.1 Å². The zero-order valence-corrected chi connectivity index (χ0v) is 10.7. The Morgan fingerprint density at radius 1 is 1.20 bits per heavy atom. The largest absolute Gasteiger partial charge is 0.362 e. The van der Waals surface area contributed by atoms with Gasteiger partial charge < -0.3 is 15.6 Å². The lowest BCUT2D eigenvalue weighted by Gasteiger charge is -2.20. The number of hydrogen-bond donors (Lipinski definition) is 3. The molecule has 0 aromatic heterocycles. The van der Waals surface area contributed by atoms with Gasteiger partial charge in [0.15, 0.2) is 5.11 Å². The minimum atomic E-state index is 0.521. The van der Waals surface area contributed by atoms with Gasteiger partial charge in [0, 0.05) is 6.54 Å². The number of thiocarbonyl (C=S) groups is 1. The lowest BCUT2D eigenvalue weighted by atomic mass is 10.3. The van der Waals surface area contributed by atoms with E-state index >= 15 is 0 Å². The van der Waals surface area contributed by atoms with Gasteiger partial charge in [0.25, 0.3) is 0 Å². The molecule has 0 heterocycles. The number of hydrazine groups is 1. The molecule has 0 rings (SSSR count). The Hall–Kier alpha value is -0.390. The van der Waals surface area contributed by atoms with Gasteiger partial charge in [-0.05, 0) is 51.1 Å². The van der Waals surface area contributed by atoms with Gasteiger partial charge in [-0.25, -0.2) is 5.84 Å². The van der Waals surface area contributed by atoms with Crippen molar-refractivity contribution >= 4 is 17.3 Å². The molecule has 0 fully saturated rings. The van der Waals surface area contributed by atoms with Crippen molar-refractivity contribution in [2.24, 2.45) is 5.84 Å². The van der Waals surface area contributed by atoms with Crippen LogP contribution in [0.5, 0.6) is 0 Å². The summed E-state index contributed by atoms with van der Waals surface area (Å²) in [6, 6.07) is 0. The van der Waals surface area contributed by atoms with Gasteiger partial charge in [0.05, 0.1) is 0 Å². The summed E-state index contributed by atoms with van der Waals surface area (Å²) < 4.78 is 0. The molecule has 0 amide bonds. The van der Waals surface area contributed by atoms with Crippen molar-refractivity contribution in [2.45, 2.75) is 33.1 Å². The fourth-order valence-electron chi connectivity index (χ4n) is 1.52. The third-order valence-corrected chi connectivity index (χ3v) is 2.41. The fourth-order valence-corrected chi connectivity index (χ4v) is 1.63. The van der Waals surface area contributed by atoms with Gasteiger partial charge in [-0.3, -0.25) is 0 Å². The second kappa shape index (κ2) is 10.1. The molecule has 0 bridgehead atoms. The molecular weight excluding hydrogens is 208 g/mol. The molecular formula is C10H24N4S. The van der Waals surface area contributed by atoms with Gasteiger partial charge in [0.1, 0.15) is 0 Å². The van der Waals surface area contributed by atoms with Crippen molar-refractivity contribution in [3.05, 3.63) is 0 Å². The van der Waals surface area contributed by atoms with Crippen molar-refractivity contribution in [1.29, 1.82) is 0 Å². The Morgan fingerprint density at radius 3 is 2.27 bits per heavy atom. The average Bonchev–Trinajstić information content (AvgIpc) is 2.24. The molecule has 0 saturated heterocycles. The second-order valence-electron chi connectivity index (χ2n) is 3.60. The lowest BCUT2D eigenvalue weighted by Crippen LogP contribution is -2.40. The average molecular weight is 232 g/mol. The summed E-state index contributed by atoms with van der Waals surface area (Å²) in [4.78, 5) is 2.49. The van der Waals surface area contributed by atoms with E-state index in [1.807, 2.05) is 0 Å². The van der Waals surface area contributed by atoms with Crippen molar-refractivity contribution in [3.8, 4) is 0 Å². The summed E-state index contributed by atoms with van der Waals surface area (Å²) in [7, 11) is 0. The molecule has 4 N–H and O–H groups in total. The normalized spacial score (nSPS) is 10.4. The van der Waals surface area contributed by atoms with Crippen LogP contribution in [0.25, 0.3) is 0 Å². The van der Waals surface area contributed by atoms with Gasteiger partial charge in [-0.1, -0.05) is 13.8 Å². The van der Waals surface area contributed by atoms with E-state index in [1.165, 1.54) is 25.9 Å². The van der Waals surface area contributed by atoms with Gasteiger partial charge >= 0.3 is 0 Å². The standard InChI is InChI=1S/C10H24N4S/c1-3-7-14(8-4-2)9-5-6-12-10(15)13-11/h3-9,11H2,1-2H3,(H2,12,13,15). The van der Waals surface area contributed by atoms with E-state index < -0.39 is 0 Å². The van der Waals surface area contributed by atoms with Crippen LogP contribution in [-0.2, 0) is 0 Å². The first-order valence-corrected chi connectivity index (χ1v) is 6.12. The van der Waals surface area contributed by atoms with Crippen molar-refractivity contribution in [3.63, 3.8) is 0 Å². The second-order valence-corrected chi connectivity index (χ2v) is 4.00. The van der Waals surface area contributed by atoms with E-state index in [-0.39, 0.29) is 0 Å². The van der Waals surface area contributed by atoms with Crippen LogP contribution in [0, 0.1) is 0 Å². The minimum Gasteiger partial charge on any atom is -0.362 e. The molecule has 0 aromatic carbocycles. The third kappa shape index (κ3) is 8.59. The van der Waals surface area contributed by atoms with Crippen LogP contribution >= 0.6 is 12.2 Å². The van der Waals surface area contributed by atoms with Crippen LogP contribution in [0.3, 0.4) is 0 Å². The SMILES string of the molecule is CCCN(CCC)CCCNC(=S)NN. The predicted molar refractivity (Wildman–Crippen MR) is 69.6 cm³/mol. The third-order valence-electron chi connectivity index (χ3n) is 2.15. The Morgan fingerprint density at radius 2 is 1.80 bits per heavy atom. The summed E-state index contributed by atoms with van der Waals surface area (Å²) in [5.41, 5.74) is 2.41. The van der Waals surface area contributed by atoms with E-state index in [9.17, 15) is 0 Å². The molecule has 0 spiro atoms. The monoisotopic (exact) mass is 232 g/mol. The molecule has 90 valence electrons. The molecule has 0 aliphatic rings. The van der Waals surface area contributed by atoms with Crippen LogP contribution < -0.4 is 16.6 Å². The van der Waals surface area contributed by atoms with E-state index in [2.05, 4.69) is 29.5 Å². The molecule has 0 radical (unpaired) electrons. The van der Waals surface area contributed by atoms with E-state index in [4.69, 9.17) is 18.1 Å². The topological polar surface area (TPSA) is 53.3 Å². The molecule has 0 saturated carbocycles. The molecule has 15 heavy (non-hydrogen) atoms. The van der Waals surface area contributed by atoms with E-state index in [0.717, 1.165) is 19.5 Å². The maximum absolute atomic E-state index is 5.15. The van der Waals surface area contributed by atoms with Crippen LogP contribution in [0.4, 0.5) is 0 Å². The summed E-state index contributed by atoms with van der Waals surface area (Å²) >= 11 is 4.88. The maximum atomic E-state index is 5.15. The zero-order chi connectivity index (χ0) is 11.5. The highest BCUT2D eigenvalue weighted by Crippen LogP contribution is 1.95. The molecule has 4 nitrogen and oxygen atoms in total. The Kier molecular flexibility index (Phi) is 9.88. The zero-order valence-electron chi connectivity index (χ0n) is 9.88. The number of nitrogens with one attached hydrogen (secondary N) is 2. The first kappa shape index (κ1) is 14.6. The van der Waals surface area contributed by atoms with Crippen LogP contribution in [0.15, 0.2) is 0 Å². The first-order valence-electron chi connectivity index (χ1n) is 5.71. The van der Waals surface area contributed by atoms with Gasteiger partial charge in [-0.2, -0.15) is 0 Å². The quantitative estimate of drug-likeness (QED) is 0.251. The molecule has 0 aliphatic heterocycles. The molecule has 5 heteroatoms. The minimum absolute atomic E-state index is 0.521. The summed E-state index contributed by atoms with van der Waals surface area (Å²) in [5, 5.41) is 3.56. The van der Waals surface area contributed by atoms with Crippen molar-refractivity contribution < 1.29 is 0 Å². The van der Waals surface area contributed by atoms with Crippen molar-refractivity contribution in [1.82, 2.24) is 15.6 Å². The fraction of sp³-hybridized carbons (Fsp3) is 0.900. The maximum Gasteiger partial charge on any atom is 0.180 e. The van der Waals surface area contributed by atoms with Crippen LogP contribution in [-0.4, -0.2) is 36.2 Å². The predicted octanol–water partition coefficient (Wildman–Crippen LogP) is 0.836. The number of rotatable bonds is 8. The Bertz CT molecular complexity index is 158. The molecule has 0 aromatic rings. The van der Waals surface area contributed by atoms with E-state index in [0.29, 0.717) is 5.11 Å². The summed E-state index contributed by atoms with van der Waals surface area (Å²) in [5.74, 6) is 5.15. The molecule has 0 atom stereocenters. The number of nitrogens with zero attached hydrogens (tertiary/aromatic N) is 1. The highest BCUT2D eigenvalue weighted by atomic mass is 32.1.